The van der Waals surface area contributed by atoms with Gasteiger partial charge in [0.15, 0.2) is 6.29 Å². The first kappa shape index (κ1) is 15.2. The fraction of sp³-hybridized carbons (Fsp3) is 0.0667. The number of nitrogens with zero attached hydrogens (tertiary/aromatic N) is 1. The third kappa shape index (κ3) is 2.78. The zero-order chi connectivity index (χ0) is 16.3. The number of rotatable bonds is 5. The minimum Gasteiger partial charge on any atom is -0.495 e. The molecule has 7 nitrogen and oxygen atoms in total. The molecule has 2 rings (SSSR count). The number of nitro groups is 1. The summed E-state index contributed by atoms with van der Waals surface area (Å²) in [7, 11) is 1.36. The van der Waals surface area contributed by atoms with E-state index >= 15 is 0 Å². The smallest absolute Gasteiger partial charge is 0.335 e. The lowest BCUT2D eigenvalue weighted by Crippen LogP contribution is -2.00. The maximum Gasteiger partial charge on any atom is 0.335 e. The van der Waals surface area contributed by atoms with E-state index in [9.17, 15) is 19.7 Å². The molecule has 0 saturated carbocycles. The molecule has 0 atom stereocenters. The van der Waals surface area contributed by atoms with Crippen LogP contribution in [0, 0.1) is 10.1 Å². The SMILES string of the molecule is COc1c(C=O)cccc1-c1cc(C(=O)O)cc([N+](=O)[O-])c1. The van der Waals surface area contributed by atoms with E-state index in [4.69, 9.17) is 9.84 Å². The molecular weight excluding hydrogens is 290 g/mol. The monoisotopic (exact) mass is 301 g/mol. The Labute approximate surface area is 124 Å². The maximum absolute atomic E-state index is 11.1. The highest BCUT2D eigenvalue weighted by atomic mass is 16.6. The highest BCUT2D eigenvalue weighted by Crippen LogP contribution is 2.34. The molecule has 0 radical (unpaired) electrons. The zero-order valence-electron chi connectivity index (χ0n) is 11.5. The van der Waals surface area contributed by atoms with Crippen LogP contribution in [0.3, 0.4) is 0 Å². The molecule has 112 valence electrons. The van der Waals surface area contributed by atoms with Gasteiger partial charge in [-0.2, -0.15) is 0 Å². The van der Waals surface area contributed by atoms with Gasteiger partial charge in [-0.25, -0.2) is 4.79 Å². The molecule has 1 N–H and O–H groups in total. The Morgan fingerprint density at radius 3 is 2.59 bits per heavy atom. The Morgan fingerprint density at radius 1 is 1.32 bits per heavy atom. The van der Waals surface area contributed by atoms with Crippen molar-refractivity contribution < 1.29 is 24.4 Å². The van der Waals surface area contributed by atoms with Crippen molar-refractivity contribution in [3.05, 3.63) is 57.6 Å². The molecule has 0 aliphatic carbocycles. The van der Waals surface area contributed by atoms with Crippen LogP contribution in [0.1, 0.15) is 20.7 Å². The van der Waals surface area contributed by atoms with E-state index < -0.39 is 10.9 Å². The van der Waals surface area contributed by atoms with E-state index in [2.05, 4.69) is 0 Å². The summed E-state index contributed by atoms with van der Waals surface area (Å²) in [6.07, 6.45) is 0.595. The van der Waals surface area contributed by atoms with E-state index in [1.807, 2.05) is 0 Å². The predicted octanol–water partition coefficient (Wildman–Crippen LogP) is 2.78. The van der Waals surface area contributed by atoms with E-state index in [1.165, 1.54) is 25.3 Å². The molecule has 0 saturated heterocycles. The summed E-state index contributed by atoms with van der Waals surface area (Å²) < 4.78 is 5.17. The lowest BCUT2D eigenvalue weighted by Gasteiger charge is -2.11. The van der Waals surface area contributed by atoms with Crippen LogP contribution in [-0.2, 0) is 0 Å². The Balaban J connectivity index is 2.74. The number of carbonyl (C=O) groups excluding carboxylic acids is 1. The topological polar surface area (TPSA) is 107 Å². The van der Waals surface area contributed by atoms with Gasteiger partial charge in [0.25, 0.3) is 5.69 Å². The standard InChI is InChI=1S/C15H11NO6/c1-22-14-9(8-17)3-2-4-13(14)10-5-11(15(18)19)7-12(6-10)16(20)21/h2-8H,1H3,(H,18,19). The summed E-state index contributed by atoms with van der Waals surface area (Å²) >= 11 is 0. The van der Waals surface area contributed by atoms with Gasteiger partial charge in [-0.1, -0.05) is 12.1 Å². The average molecular weight is 301 g/mol. The van der Waals surface area contributed by atoms with Crippen LogP contribution >= 0.6 is 0 Å². The number of ether oxygens (including phenoxy) is 1. The van der Waals surface area contributed by atoms with Gasteiger partial charge in [-0.05, 0) is 17.7 Å². The molecular formula is C15H11NO6. The number of carbonyl (C=O) groups is 2. The number of carboxylic acid groups (broad SMARTS) is 1. The van der Waals surface area contributed by atoms with Crippen molar-refractivity contribution in [2.24, 2.45) is 0 Å². The van der Waals surface area contributed by atoms with Crippen molar-refractivity contribution in [2.45, 2.75) is 0 Å². The molecule has 0 heterocycles. The van der Waals surface area contributed by atoms with Gasteiger partial charge >= 0.3 is 5.97 Å². The average Bonchev–Trinajstić information content (AvgIpc) is 2.53. The van der Waals surface area contributed by atoms with Gasteiger partial charge in [0, 0.05) is 17.7 Å². The number of non-ortho nitro benzene ring substituents is 1. The number of aromatic carboxylic acids is 1. The molecule has 2 aromatic rings. The van der Waals surface area contributed by atoms with Crippen LogP contribution in [0.2, 0.25) is 0 Å². The normalized spacial score (nSPS) is 10.0. The molecule has 0 amide bonds. The molecule has 0 fully saturated rings. The van der Waals surface area contributed by atoms with Crippen molar-refractivity contribution in [1.82, 2.24) is 0 Å². The first-order chi connectivity index (χ1) is 10.5. The second kappa shape index (κ2) is 6.04. The second-order valence-electron chi connectivity index (χ2n) is 4.38. The van der Waals surface area contributed by atoms with Crippen molar-refractivity contribution in [2.75, 3.05) is 7.11 Å². The second-order valence-corrected chi connectivity index (χ2v) is 4.38. The highest BCUT2D eigenvalue weighted by Gasteiger charge is 2.17. The minimum atomic E-state index is -1.28. The fourth-order valence-electron chi connectivity index (χ4n) is 2.10. The molecule has 22 heavy (non-hydrogen) atoms. The van der Waals surface area contributed by atoms with Gasteiger partial charge in [-0.3, -0.25) is 14.9 Å². The quantitative estimate of drug-likeness (QED) is 0.517. The van der Waals surface area contributed by atoms with Gasteiger partial charge in [0.05, 0.1) is 23.2 Å². The summed E-state index contributed by atoms with van der Waals surface area (Å²) in [5.41, 5.74) is 0.380. The molecule has 0 unspecified atom stereocenters. The Hall–Kier alpha value is -3.22. The zero-order valence-corrected chi connectivity index (χ0v) is 11.5. The number of nitro benzene ring substituents is 1. The summed E-state index contributed by atoms with van der Waals surface area (Å²) in [5, 5.41) is 20.0. The van der Waals surface area contributed by atoms with Crippen LogP contribution in [-0.4, -0.2) is 29.4 Å². The van der Waals surface area contributed by atoms with Crippen LogP contribution < -0.4 is 4.74 Å². The molecule has 0 spiro atoms. The van der Waals surface area contributed by atoms with Gasteiger partial charge in [0.2, 0.25) is 0 Å². The van der Waals surface area contributed by atoms with Crippen LogP contribution in [0.4, 0.5) is 5.69 Å². The lowest BCUT2D eigenvalue weighted by atomic mass is 9.99. The van der Waals surface area contributed by atoms with Crippen LogP contribution in [0.15, 0.2) is 36.4 Å². The fourth-order valence-corrected chi connectivity index (χ4v) is 2.10. The Morgan fingerprint density at radius 2 is 2.05 bits per heavy atom. The minimum absolute atomic E-state index is 0.220. The molecule has 0 aliphatic heterocycles. The van der Waals surface area contributed by atoms with E-state index in [-0.39, 0.29) is 28.1 Å². The summed E-state index contributed by atoms with van der Waals surface area (Å²) in [6.45, 7) is 0. The largest absolute Gasteiger partial charge is 0.495 e. The van der Waals surface area contributed by atoms with Gasteiger partial charge in [0.1, 0.15) is 5.75 Å². The summed E-state index contributed by atoms with van der Waals surface area (Å²) in [4.78, 5) is 32.5. The van der Waals surface area contributed by atoms with E-state index in [0.717, 1.165) is 6.07 Å². The number of benzene rings is 2. The van der Waals surface area contributed by atoms with Crippen molar-refractivity contribution in [3.63, 3.8) is 0 Å². The molecule has 0 aliphatic rings. The number of aldehydes is 1. The number of hydrogen-bond acceptors (Lipinski definition) is 5. The number of carboxylic acids is 1. The van der Waals surface area contributed by atoms with Crippen molar-refractivity contribution in [1.29, 1.82) is 0 Å². The van der Waals surface area contributed by atoms with E-state index in [1.54, 1.807) is 12.1 Å². The van der Waals surface area contributed by atoms with Crippen molar-refractivity contribution >= 4 is 17.9 Å². The molecule has 2 aromatic carbocycles. The number of methoxy groups -OCH3 is 1. The summed E-state index contributed by atoms with van der Waals surface area (Å²) in [5.74, 6) is -1.05. The predicted molar refractivity (Wildman–Crippen MR) is 77.4 cm³/mol. The third-order valence-electron chi connectivity index (χ3n) is 3.06. The third-order valence-corrected chi connectivity index (χ3v) is 3.06. The van der Waals surface area contributed by atoms with E-state index in [0.29, 0.717) is 11.8 Å². The maximum atomic E-state index is 11.1. The highest BCUT2D eigenvalue weighted by molar-refractivity contribution is 5.92. The number of para-hydroxylation sites is 1. The Kier molecular flexibility index (Phi) is 4.17. The molecule has 7 heteroatoms. The van der Waals surface area contributed by atoms with Gasteiger partial charge in [-0.15, -0.1) is 0 Å². The summed E-state index contributed by atoms with van der Waals surface area (Å²) in [6, 6.07) is 8.21. The van der Waals surface area contributed by atoms with Crippen LogP contribution in [0.5, 0.6) is 5.75 Å². The van der Waals surface area contributed by atoms with Crippen LogP contribution in [0.25, 0.3) is 11.1 Å². The Bertz CT molecular complexity index is 736. The van der Waals surface area contributed by atoms with Crippen molar-refractivity contribution in [3.8, 4) is 16.9 Å². The first-order valence-electron chi connectivity index (χ1n) is 6.13. The first-order valence-corrected chi connectivity index (χ1v) is 6.13. The van der Waals surface area contributed by atoms with Gasteiger partial charge < -0.3 is 9.84 Å². The number of hydrogen-bond donors (Lipinski definition) is 1. The molecule has 0 bridgehead atoms. The molecule has 0 aromatic heterocycles. The lowest BCUT2D eigenvalue weighted by molar-refractivity contribution is -0.384.